The molecule has 4 nitrogen and oxygen atoms in total. The highest BCUT2D eigenvalue weighted by Crippen LogP contribution is 2.34. The average molecular weight is 224 g/mol. The Morgan fingerprint density at radius 1 is 1.47 bits per heavy atom. The quantitative estimate of drug-likeness (QED) is 0.582. The zero-order valence-electron chi connectivity index (χ0n) is 7.38. The molecule has 0 aliphatic heterocycles. The van der Waals surface area contributed by atoms with Crippen molar-refractivity contribution >= 4 is 16.3 Å². The summed E-state index contributed by atoms with van der Waals surface area (Å²) in [5.74, 6) is -0.814. The van der Waals surface area contributed by atoms with Crippen molar-refractivity contribution in [3.05, 3.63) is 46.4 Å². The second-order valence-electron chi connectivity index (χ2n) is 2.74. The lowest BCUT2D eigenvalue weighted by Gasteiger charge is -1.91. The fourth-order valence-corrected chi connectivity index (χ4v) is 1.95. The number of pyridine rings is 1. The van der Waals surface area contributed by atoms with Gasteiger partial charge in [-0.1, -0.05) is 17.4 Å². The summed E-state index contributed by atoms with van der Waals surface area (Å²) in [5.41, 5.74) is 0.537. The van der Waals surface area contributed by atoms with Gasteiger partial charge in [0.2, 0.25) is 5.82 Å². The number of thiophene rings is 1. The Balaban J connectivity index is 2.48. The molecule has 0 saturated heterocycles. The molecule has 2 heterocycles. The van der Waals surface area contributed by atoms with E-state index in [0.29, 0.717) is 10.6 Å². The summed E-state index contributed by atoms with van der Waals surface area (Å²) in [6.45, 7) is 0. The molecule has 0 amide bonds. The van der Waals surface area contributed by atoms with Crippen molar-refractivity contribution in [3.63, 3.8) is 0 Å². The third-order valence-corrected chi connectivity index (χ3v) is 2.84. The van der Waals surface area contributed by atoms with Crippen molar-refractivity contribution in [1.82, 2.24) is 4.98 Å². The van der Waals surface area contributed by atoms with Gasteiger partial charge in [0.05, 0.1) is 15.5 Å². The van der Waals surface area contributed by atoms with Crippen molar-refractivity contribution in [2.45, 2.75) is 0 Å². The summed E-state index contributed by atoms with van der Waals surface area (Å²) < 4.78 is 13.1. The van der Waals surface area contributed by atoms with Gasteiger partial charge in [-0.25, -0.2) is 0 Å². The van der Waals surface area contributed by atoms with Crippen LogP contribution in [0.15, 0.2) is 30.5 Å². The molecule has 0 atom stereocenters. The molecule has 0 bridgehead atoms. The first kappa shape index (κ1) is 9.72. The number of aromatic nitrogens is 1. The number of nitrogens with zero attached hydrogens (tertiary/aromatic N) is 2. The molecule has 2 rings (SSSR count). The van der Waals surface area contributed by atoms with Gasteiger partial charge in [0.15, 0.2) is 0 Å². The van der Waals surface area contributed by atoms with Crippen LogP contribution in [-0.4, -0.2) is 9.91 Å². The summed E-state index contributed by atoms with van der Waals surface area (Å²) in [7, 11) is 0. The van der Waals surface area contributed by atoms with E-state index in [9.17, 15) is 14.5 Å². The highest BCUT2D eigenvalue weighted by molar-refractivity contribution is 7.18. The van der Waals surface area contributed by atoms with Gasteiger partial charge in [-0.05, 0) is 12.1 Å². The largest absolute Gasteiger partial charge is 0.360 e. The molecule has 0 saturated carbocycles. The van der Waals surface area contributed by atoms with Crippen LogP contribution in [0.25, 0.3) is 10.6 Å². The molecular weight excluding hydrogens is 219 g/mol. The Labute approximate surface area is 88.2 Å². The summed E-state index contributed by atoms with van der Waals surface area (Å²) in [6, 6.07) is 6.27. The summed E-state index contributed by atoms with van der Waals surface area (Å²) in [4.78, 5) is 14.1. The molecule has 76 valence electrons. The first-order chi connectivity index (χ1) is 7.18. The Kier molecular flexibility index (Phi) is 2.42. The SMILES string of the molecule is O=[N+]([O-])c1sc(-c2ccccn2)cc1F. The van der Waals surface area contributed by atoms with Crippen molar-refractivity contribution in [2.75, 3.05) is 0 Å². The normalized spacial score (nSPS) is 10.2. The molecule has 0 aromatic carbocycles. The molecule has 0 unspecified atom stereocenters. The van der Waals surface area contributed by atoms with Gasteiger partial charge in [0.25, 0.3) is 0 Å². The van der Waals surface area contributed by atoms with E-state index in [1.54, 1.807) is 24.4 Å². The van der Waals surface area contributed by atoms with Crippen LogP contribution in [0.4, 0.5) is 9.39 Å². The minimum atomic E-state index is -0.814. The molecule has 15 heavy (non-hydrogen) atoms. The maximum absolute atomic E-state index is 13.1. The lowest BCUT2D eigenvalue weighted by atomic mass is 10.3. The van der Waals surface area contributed by atoms with Crippen molar-refractivity contribution < 1.29 is 9.31 Å². The van der Waals surface area contributed by atoms with Gasteiger partial charge >= 0.3 is 5.00 Å². The smallest absolute Gasteiger partial charge is 0.257 e. The van der Waals surface area contributed by atoms with Gasteiger partial charge < -0.3 is 0 Å². The summed E-state index contributed by atoms with van der Waals surface area (Å²) >= 11 is 0.784. The van der Waals surface area contributed by atoms with Crippen LogP contribution in [0.1, 0.15) is 0 Å². The summed E-state index contributed by atoms with van der Waals surface area (Å²) in [5, 5.41) is 9.95. The molecule has 6 heteroatoms. The molecule has 2 aromatic rings. The van der Waals surface area contributed by atoms with E-state index in [4.69, 9.17) is 0 Å². The van der Waals surface area contributed by atoms with E-state index in [0.717, 1.165) is 17.4 Å². The number of nitro groups is 1. The molecule has 2 aromatic heterocycles. The Morgan fingerprint density at radius 2 is 2.27 bits per heavy atom. The Hall–Kier alpha value is -1.82. The van der Waals surface area contributed by atoms with Crippen LogP contribution >= 0.6 is 11.3 Å². The molecular formula is C9H5FN2O2S. The Bertz CT molecular complexity index is 498. The first-order valence-corrected chi connectivity index (χ1v) is 4.85. The molecule has 0 radical (unpaired) electrons. The monoisotopic (exact) mass is 224 g/mol. The number of halogens is 1. The maximum Gasteiger partial charge on any atom is 0.360 e. The van der Waals surface area contributed by atoms with Crippen molar-refractivity contribution in [3.8, 4) is 10.6 Å². The van der Waals surface area contributed by atoms with Crippen molar-refractivity contribution in [1.29, 1.82) is 0 Å². The van der Waals surface area contributed by atoms with E-state index in [2.05, 4.69) is 4.98 Å². The van der Waals surface area contributed by atoms with Gasteiger partial charge in [0, 0.05) is 12.3 Å². The molecule has 0 aliphatic rings. The van der Waals surface area contributed by atoms with E-state index in [1.165, 1.54) is 0 Å². The fourth-order valence-electron chi connectivity index (χ4n) is 1.12. The van der Waals surface area contributed by atoms with Gasteiger partial charge in [-0.15, -0.1) is 0 Å². The second-order valence-corrected chi connectivity index (χ2v) is 3.77. The molecule has 0 spiro atoms. The van der Waals surface area contributed by atoms with E-state index < -0.39 is 15.7 Å². The van der Waals surface area contributed by atoms with E-state index >= 15 is 0 Å². The molecule has 0 aliphatic carbocycles. The molecule has 0 fully saturated rings. The maximum atomic E-state index is 13.1. The highest BCUT2D eigenvalue weighted by atomic mass is 32.1. The predicted molar refractivity (Wildman–Crippen MR) is 54.2 cm³/mol. The number of hydrogen-bond acceptors (Lipinski definition) is 4. The van der Waals surface area contributed by atoms with Crippen LogP contribution in [0, 0.1) is 15.9 Å². The third-order valence-electron chi connectivity index (χ3n) is 1.75. The standard InChI is InChI=1S/C9H5FN2O2S/c10-6-5-8(15-9(6)12(13)14)7-3-1-2-4-11-7/h1-5H. The number of hydrogen-bond donors (Lipinski definition) is 0. The lowest BCUT2D eigenvalue weighted by molar-refractivity contribution is -0.382. The van der Waals surface area contributed by atoms with Crippen LogP contribution in [-0.2, 0) is 0 Å². The topological polar surface area (TPSA) is 56.0 Å². The minimum absolute atomic E-state index is 0.458. The van der Waals surface area contributed by atoms with E-state index in [1.807, 2.05) is 0 Å². The summed E-state index contributed by atoms with van der Waals surface area (Å²) in [6.07, 6.45) is 1.55. The van der Waals surface area contributed by atoms with E-state index in [-0.39, 0.29) is 0 Å². The average Bonchev–Trinajstić information content (AvgIpc) is 2.62. The first-order valence-electron chi connectivity index (χ1n) is 4.03. The van der Waals surface area contributed by atoms with Crippen molar-refractivity contribution in [2.24, 2.45) is 0 Å². The second kappa shape index (κ2) is 3.74. The van der Waals surface area contributed by atoms with Crippen LogP contribution in [0.5, 0.6) is 0 Å². The van der Waals surface area contributed by atoms with Gasteiger partial charge in [-0.3, -0.25) is 15.1 Å². The van der Waals surface area contributed by atoms with Crippen LogP contribution in [0.3, 0.4) is 0 Å². The van der Waals surface area contributed by atoms with Gasteiger partial charge in [-0.2, -0.15) is 4.39 Å². The van der Waals surface area contributed by atoms with Crippen LogP contribution in [0.2, 0.25) is 0 Å². The third kappa shape index (κ3) is 1.84. The zero-order chi connectivity index (χ0) is 10.8. The minimum Gasteiger partial charge on any atom is -0.257 e. The predicted octanol–water partition coefficient (Wildman–Crippen LogP) is 2.86. The zero-order valence-corrected chi connectivity index (χ0v) is 8.20. The fraction of sp³-hybridized carbons (Fsp3) is 0. The highest BCUT2D eigenvalue weighted by Gasteiger charge is 2.20. The number of rotatable bonds is 2. The molecule has 0 N–H and O–H groups in total. The lowest BCUT2D eigenvalue weighted by Crippen LogP contribution is -1.84. The Morgan fingerprint density at radius 3 is 2.80 bits per heavy atom. The van der Waals surface area contributed by atoms with Gasteiger partial charge in [0.1, 0.15) is 0 Å². The van der Waals surface area contributed by atoms with Crippen LogP contribution < -0.4 is 0 Å².